The van der Waals surface area contributed by atoms with Crippen molar-refractivity contribution < 1.29 is 19.4 Å². The van der Waals surface area contributed by atoms with Crippen LogP contribution < -0.4 is 15.8 Å². The minimum atomic E-state index is -0.754. The normalized spacial score (nSPS) is 13.8. The highest BCUT2D eigenvalue weighted by molar-refractivity contribution is 5.88. The number of carbonyl (C=O) groups is 2. The molecule has 3 atom stereocenters. The van der Waals surface area contributed by atoms with E-state index in [9.17, 15) is 14.7 Å². The first-order chi connectivity index (χ1) is 15.3. The first-order valence-corrected chi connectivity index (χ1v) is 10.6. The van der Waals surface area contributed by atoms with Crippen molar-refractivity contribution in [2.45, 2.75) is 38.6 Å². The molecular formula is C25H29N3O4. The van der Waals surface area contributed by atoms with Crippen LogP contribution in [0.1, 0.15) is 43.7 Å². The third-order valence-electron chi connectivity index (χ3n) is 5.90. The molecule has 0 spiro atoms. The third-order valence-corrected chi connectivity index (χ3v) is 5.90. The fourth-order valence-electron chi connectivity index (χ4n) is 3.82. The van der Waals surface area contributed by atoms with Crippen molar-refractivity contribution in [3.63, 3.8) is 0 Å². The zero-order chi connectivity index (χ0) is 23.3. The molecule has 3 unspecified atom stereocenters. The Bertz CT molecular complexity index is 1100. The van der Waals surface area contributed by atoms with E-state index in [1.807, 2.05) is 56.3 Å². The van der Waals surface area contributed by atoms with Gasteiger partial charge >= 0.3 is 0 Å². The van der Waals surface area contributed by atoms with Gasteiger partial charge in [-0.25, -0.2) is 0 Å². The predicted molar refractivity (Wildman–Crippen MR) is 123 cm³/mol. The molecular weight excluding hydrogens is 406 g/mol. The minimum Gasteiger partial charge on any atom is -0.505 e. The molecule has 1 aromatic heterocycles. The topological polar surface area (TPSA) is 115 Å². The SMILES string of the molecule is CCC(C)C(NC(=O)CC(c1ccc(OC)cc1)c1ccc2cccnc2c1O)C(N)=O. The van der Waals surface area contributed by atoms with Gasteiger partial charge < -0.3 is 20.9 Å². The number of carbonyl (C=O) groups excluding carboxylic acids is 2. The summed E-state index contributed by atoms with van der Waals surface area (Å²) in [5.41, 5.74) is 7.39. The number of phenols is 1. The van der Waals surface area contributed by atoms with Crippen molar-refractivity contribution in [1.82, 2.24) is 10.3 Å². The fourth-order valence-corrected chi connectivity index (χ4v) is 3.82. The summed E-state index contributed by atoms with van der Waals surface area (Å²) in [6, 6.07) is 13.9. The van der Waals surface area contributed by atoms with E-state index >= 15 is 0 Å². The van der Waals surface area contributed by atoms with E-state index in [0.717, 1.165) is 10.9 Å². The Hall–Kier alpha value is -3.61. The molecule has 32 heavy (non-hydrogen) atoms. The maximum absolute atomic E-state index is 13.0. The van der Waals surface area contributed by atoms with Crippen molar-refractivity contribution in [3.8, 4) is 11.5 Å². The van der Waals surface area contributed by atoms with Crippen LogP contribution >= 0.6 is 0 Å². The second kappa shape index (κ2) is 10.1. The second-order valence-electron chi connectivity index (χ2n) is 7.94. The number of fused-ring (bicyclic) bond motifs is 1. The van der Waals surface area contributed by atoms with Crippen LogP contribution in [0, 0.1) is 5.92 Å². The molecule has 2 amide bonds. The summed E-state index contributed by atoms with van der Waals surface area (Å²) < 4.78 is 5.24. The zero-order valence-corrected chi connectivity index (χ0v) is 18.5. The van der Waals surface area contributed by atoms with Gasteiger partial charge in [-0.3, -0.25) is 14.6 Å². The number of phenolic OH excluding ortho intramolecular Hbond substituents is 1. The highest BCUT2D eigenvalue weighted by atomic mass is 16.5. The summed E-state index contributed by atoms with van der Waals surface area (Å²) in [6.45, 7) is 3.81. The fraction of sp³-hybridized carbons (Fsp3) is 0.320. The monoisotopic (exact) mass is 435 g/mol. The van der Waals surface area contributed by atoms with Crippen LogP contribution in [0.15, 0.2) is 54.7 Å². The summed E-state index contributed by atoms with van der Waals surface area (Å²) >= 11 is 0. The van der Waals surface area contributed by atoms with Crippen molar-refractivity contribution >= 4 is 22.7 Å². The van der Waals surface area contributed by atoms with Crippen LogP contribution in [0.4, 0.5) is 0 Å². The van der Waals surface area contributed by atoms with Gasteiger partial charge in [-0.1, -0.05) is 50.6 Å². The number of rotatable bonds is 9. The molecule has 0 saturated carbocycles. The van der Waals surface area contributed by atoms with Crippen LogP contribution in [0.25, 0.3) is 10.9 Å². The number of nitrogens with zero attached hydrogens (tertiary/aromatic N) is 1. The molecule has 3 aromatic rings. The van der Waals surface area contributed by atoms with E-state index < -0.39 is 17.9 Å². The van der Waals surface area contributed by atoms with Crippen molar-refractivity contribution in [3.05, 3.63) is 65.9 Å². The Morgan fingerprint density at radius 1 is 1.16 bits per heavy atom. The molecule has 0 aliphatic rings. The van der Waals surface area contributed by atoms with Crippen molar-refractivity contribution in [1.29, 1.82) is 0 Å². The van der Waals surface area contributed by atoms with Crippen LogP contribution in [0.3, 0.4) is 0 Å². The molecule has 0 saturated heterocycles. The highest BCUT2D eigenvalue weighted by Gasteiger charge is 2.27. The lowest BCUT2D eigenvalue weighted by molar-refractivity contribution is -0.128. The number of primary amides is 1. The number of benzene rings is 2. The van der Waals surface area contributed by atoms with E-state index in [2.05, 4.69) is 10.3 Å². The molecule has 3 rings (SSSR count). The number of aromatic hydroxyl groups is 1. The smallest absolute Gasteiger partial charge is 0.240 e. The molecule has 0 bridgehead atoms. The van der Waals surface area contributed by atoms with Crippen LogP contribution in [-0.4, -0.2) is 35.1 Å². The third kappa shape index (κ3) is 4.99. The number of pyridine rings is 1. The van der Waals surface area contributed by atoms with Crippen molar-refractivity contribution in [2.75, 3.05) is 7.11 Å². The largest absolute Gasteiger partial charge is 0.505 e. The summed E-state index contributed by atoms with van der Waals surface area (Å²) in [7, 11) is 1.58. The van der Waals surface area contributed by atoms with Crippen LogP contribution in [0.2, 0.25) is 0 Å². The molecule has 0 radical (unpaired) electrons. The Morgan fingerprint density at radius 2 is 1.88 bits per heavy atom. The van der Waals surface area contributed by atoms with Gasteiger partial charge in [0.05, 0.1) is 7.11 Å². The number of amides is 2. The molecule has 0 aliphatic heterocycles. The Labute approximate surface area is 187 Å². The summed E-state index contributed by atoms with van der Waals surface area (Å²) in [6.07, 6.45) is 2.34. The van der Waals surface area contributed by atoms with Gasteiger partial charge in [0.1, 0.15) is 23.1 Å². The highest BCUT2D eigenvalue weighted by Crippen LogP contribution is 2.38. The van der Waals surface area contributed by atoms with Gasteiger partial charge in [0.2, 0.25) is 11.8 Å². The van der Waals surface area contributed by atoms with E-state index in [0.29, 0.717) is 23.3 Å². The molecule has 7 heteroatoms. The average Bonchev–Trinajstić information content (AvgIpc) is 2.81. The standard InChI is InChI=1S/C25H29N3O4/c1-4-15(2)22(25(26)31)28-21(29)14-20(16-7-10-18(32-3)11-8-16)19-12-9-17-6-5-13-27-23(17)24(19)30/h5-13,15,20,22,30H,4,14H2,1-3H3,(H2,26,31)(H,28,29). The van der Waals surface area contributed by atoms with E-state index in [4.69, 9.17) is 10.5 Å². The molecule has 1 heterocycles. The van der Waals surface area contributed by atoms with Crippen LogP contribution in [0.5, 0.6) is 11.5 Å². The Morgan fingerprint density at radius 3 is 2.50 bits per heavy atom. The first-order valence-electron chi connectivity index (χ1n) is 10.6. The van der Waals surface area contributed by atoms with E-state index in [1.54, 1.807) is 19.4 Å². The van der Waals surface area contributed by atoms with Crippen LogP contribution in [-0.2, 0) is 9.59 Å². The number of aromatic nitrogens is 1. The number of nitrogens with one attached hydrogen (secondary N) is 1. The second-order valence-corrected chi connectivity index (χ2v) is 7.94. The molecule has 2 aromatic carbocycles. The van der Waals surface area contributed by atoms with E-state index in [1.165, 1.54) is 0 Å². The first kappa shape index (κ1) is 23.1. The number of methoxy groups -OCH3 is 1. The van der Waals surface area contributed by atoms with Gasteiger partial charge in [0.25, 0.3) is 0 Å². The van der Waals surface area contributed by atoms with Gasteiger partial charge in [-0.2, -0.15) is 0 Å². The number of nitrogens with two attached hydrogens (primary N) is 1. The lowest BCUT2D eigenvalue weighted by atomic mass is 9.86. The van der Waals surface area contributed by atoms with E-state index in [-0.39, 0.29) is 24.0 Å². The van der Waals surface area contributed by atoms with Crippen molar-refractivity contribution in [2.24, 2.45) is 11.7 Å². The minimum absolute atomic E-state index is 0.0262. The van der Waals surface area contributed by atoms with Gasteiger partial charge in [-0.05, 0) is 29.7 Å². The Kier molecular flexibility index (Phi) is 7.30. The molecule has 7 nitrogen and oxygen atoms in total. The lowest BCUT2D eigenvalue weighted by Crippen LogP contribution is -2.48. The number of hydrogen-bond acceptors (Lipinski definition) is 5. The van der Waals surface area contributed by atoms with Gasteiger partial charge in [0, 0.05) is 29.5 Å². The maximum Gasteiger partial charge on any atom is 0.240 e. The number of ether oxygens (including phenoxy) is 1. The molecule has 0 aliphatic carbocycles. The quantitative estimate of drug-likeness (QED) is 0.476. The summed E-state index contributed by atoms with van der Waals surface area (Å²) in [4.78, 5) is 29.2. The summed E-state index contributed by atoms with van der Waals surface area (Å²) in [5, 5.41) is 14.6. The molecule has 0 fully saturated rings. The molecule has 4 N–H and O–H groups in total. The zero-order valence-electron chi connectivity index (χ0n) is 18.5. The average molecular weight is 436 g/mol. The summed E-state index contributed by atoms with van der Waals surface area (Å²) in [5.74, 6) is -0.717. The Balaban J connectivity index is 1.99. The lowest BCUT2D eigenvalue weighted by Gasteiger charge is -2.24. The van der Waals surface area contributed by atoms with Gasteiger partial charge in [-0.15, -0.1) is 0 Å². The van der Waals surface area contributed by atoms with Gasteiger partial charge in [0.15, 0.2) is 0 Å². The maximum atomic E-state index is 13.0. The molecule has 168 valence electrons. The predicted octanol–water partition coefficient (Wildman–Crippen LogP) is 3.49. The number of hydrogen-bond donors (Lipinski definition) is 3.